The maximum Gasteiger partial charge on any atom is 0.457 e. The normalized spacial score (nSPS) is 16.5. The second kappa shape index (κ2) is 17.2. The highest BCUT2D eigenvalue weighted by Gasteiger charge is 2.50. The first-order valence-electron chi connectivity index (χ1n) is 17.8. The number of aliphatic carboxylic acids is 1. The lowest BCUT2D eigenvalue weighted by Gasteiger charge is -2.32. The molecule has 0 saturated carbocycles. The van der Waals surface area contributed by atoms with E-state index >= 15 is 0 Å². The second-order valence-electron chi connectivity index (χ2n) is 15.9. The number of carbonyl (C=O) groups excluding carboxylic acids is 2. The largest absolute Gasteiger partial charge is 0.479 e. The van der Waals surface area contributed by atoms with Crippen LogP contribution in [0.3, 0.4) is 0 Å². The van der Waals surface area contributed by atoms with E-state index in [1.54, 1.807) is 41.5 Å². The summed E-state index contributed by atoms with van der Waals surface area (Å²) >= 11 is 0. The van der Waals surface area contributed by atoms with E-state index < -0.39 is 46.1 Å². The fourth-order valence-corrected chi connectivity index (χ4v) is 5.40. The van der Waals surface area contributed by atoms with Gasteiger partial charge in [0.15, 0.2) is 5.54 Å². The third-order valence-corrected chi connectivity index (χ3v) is 8.75. The van der Waals surface area contributed by atoms with Gasteiger partial charge in [0, 0.05) is 24.2 Å². The Kier molecular flexibility index (Phi) is 14.0. The van der Waals surface area contributed by atoms with Crippen molar-refractivity contribution in [1.82, 2.24) is 4.90 Å². The van der Waals surface area contributed by atoms with Crippen molar-refractivity contribution < 1.29 is 43.0 Å². The predicted octanol–water partition coefficient (Wildman–Crippen LogP) is 8.19. The number of carboxylic acids is 1. The average molecular weight is 709 g/mol. The van der Waals surface area contributed by atoms with E-state index in [0.29, 0.717) is 24.9 Å². The molecule has 1 heterocycles. The fourth-order valence-electron chi connectivity index (χ4n) is 5.40. The molecule has 0 aromatic heterocycles. The summed E-state index contributed by atoms with van der Waals surface area (Å²) in [6.07, 6.45) is 0.371. The minimum absolute atomic E-state index is 0.000359. The van der Waals surface area contributed by atoms with Crippen LogP contribution in [-0.4, -0.2) is 88.7 Å². The molecule has 0 aliphatic carbocycles. The summed E-state index contributed by atoms with van der Waals surface area (Å²) in [5.41, 5.74) is -1.99. The van der Waals surface area contributed by atoms with Crippen molar-refractivity contribution in [2.75, 3.05) is 19.8 Å². The van der Waals surface area contributed by atoms with Crippen molar-refractivity contribution >= 4 is 31.0 Å². The van der Waals surface area contributed by atoms with Crippen molar-refractivity contribution in [3.8, 4) is 0 Å². The zero-order valence-corrected chi connectivity index (χ0v) is 32.1. The quantitative estimate of drug-likeness (QED) is 0.110. The highest BCUT2D eigenvalue weighted by atomic mass is 16.7. The first-order chi connectivity index (χ1) is 23.6. The van der Waals surface area contributed by atoms with Gasteiger partial charge in [-0.2, -0.15) is 0 Å². The number of amides is 2. The molecule has 12 heteroatoms. The van der Waals surface area contributed by atoms with E-state index in [1.165, 1.54) is 0 Å². The monoisotopic (exact) mass is 708 g/mol. The summed E-state index contributed by atoms with van der Waals surface area (Å²) in [6, 6.07) is 19.0. The van der Waals surface area contributed by atoms with Crippen LogP contribution >= 0.6 is 0 Å². The van der Waals surface area contributed by atoms with Gasteiger partial charge >= 0.3 is 25.3 Å². The molecule has 1 fully saturated rings. The van der Waals surface area contributed by atoms with Crippen molar-refractivity contribution in [3.05, 3.63) is 71.8 Å². The van der Waals surface area contributed by atoms with Gasteiger partial charge in [0.25, 0.3) is 0 Å². The molecule has 280 valence electrons. The lowest BCUT2D eigenvalue weighted by Crippen LogP contribution is -2.45. The van der Waals surface area contributed by atoms with E-state index in [-0.39, 0.29) is 39.7 Å². The zero-order chi connectivity index (χ0) is 38.1. The fraction of sp³-hybridized carbons (Fsp3) is 0.590. The van der Waals surface area contributed by atoms with E-state index in [0.717, 1.165) is 16.0 Å². The number of nitrogens with zero attached hydrogens (tertiary/aromatic N) is 2. The molecule has 1 N–H and O–H groups in total. The van der Waals surface area contributed by atoms with Crippen LogP contribution in [-0.2, 0) is 28.3 Å². The highest BCUT2D eigenvalue weighted by Crippen LogP contribution is 2.38. The first kappa shape index (κ1) is 41.7. The van der Waals surface area contributed by atoms with Crippen LogP contribution in [0.5, 0.6) is 0 Å². The molecule has 0 bridgehead atoms. The summed E-state index contributed by atoms with van der Waals surface area (Å²) in [6.45, 7) is 18.0. The Labute approximate surface area is 304 Å². The minimum atomic E-state index is -1.55. The molecule has 2 aromatic rings. The van der Waals surface area contributed by atoms with Gasteiger partial charge in [-0.05, 0) is 82.0 Å². The molecule has 1 saturated heterocycles. The topological polar surface area (TPSA) is 133 Å². The number of hydrogen-bond acceptors (Lipinski definition) is 9. The van der Waals surface area contributed by atoms with Crippen LogP contribution in [0.2, 0.25) is 6.32 Å². The van der Waals surface area contributed by atoms with E-state index in [1.807, 2.05) is 88.4 Å². The number of carbonyl (C=O) groups is 3. The molecule has 51 heavy (non-hydrogen) atoms. The van der Waals surface area contributed by atoms with Crippen molar-refractivity contribution in [2.45, 2.75) is 129 Å². The molecule has 3 rings (SSSR count). The van der Waals surface area contributed by atoms with Crippen LogP contribution in [0.4, 0.5) is 9.59 Å². The third-order valence-electron chi connectivity index (χ3n) is 8.75. The Balaban J connectivity index is 1.84. The molecule has 0 spiro atoms. The molecule has 0 radical (unpaired) electrons. The van der Waals surface area contributed by atoms with Crippen molar-refractivity contribution in [3.63, 3.8) is 0 Å². The third kappa shape index (κ3) is 12.5. The number of imide groups is 1. The number of rotatable bonds is 15. The molecule has 11 nitrogen and oxygen atoms in total. The van der Waals surface area contributed by atoms with Crippen LogP contribution in [0.1, 0.15) is 106 Å². The molecule has 1 aliphatic rings. The summed E-state index contributed by atoms with van der Waals surface area (Å²) in [4.78, 5) is 45.1. The molecule has 2 aromatic carbocycles. The molecule has 2 amide bonds. The first-order valence-corrected chi connectivity index (χ1v) is 17.8. The number of ether oxygens (including phenoxy) is 3. The van der Waals surface area contributed by atoms with E-state index in [4.69, 9.17) is 28.5 Å². The molecular formula is C39H57BN2O9. The van der Waals surface area contributed by atoms with Gasteiger partial charge < -0.3 is 28.6 Å². The van der Waals surface area contributed by atoms with E-state index in [2.05, 4.69) is 0 Å². The molecular weight excluding hydrogens is 651 g/mol. The van der Waals surface area contributed by atoms with Gasteiger partial charge in [-0.3, -0.25) is 4.99 Å². The summed E-state index contributed by atoms with van der Waals surface area (Å²) in [7, 11) is -0.386. The predicted molar refractivity (Wildman–Crippen MR) is 198 cm³/mol. The molecule has 1 atom stereocenters. The van der Waals surface area contributed by atoms with Crippen LogP contribution in [0.15, 0.2) is 65.7 Å². The lowest BCUT2D eigenvalue weighted by molar-refractivity contribution is -0.144. The number of benzene rings is 2. The van der Waals surface area contributed by atoms with Gasteiger partial charge in [0.2, 0.25) is 0 Å². The molecule has 1 aliphatic heterocycles. The summed E-state index contributed by atoms with van der Waals surface area (Å²) in [5.74, 6) is -1.07. The van der Waals surface area contributed by atoms with Gasteiger partial charge in [-0.1, -0.05) is 73.5 Å². The highest BCUT2D eigenvalue weighted by molar-refractivity contribution is 6.45. The summed E-state index contributed by atoms with van der Waals surface area (Å²) in [5, 5.41) is 10.9. The number of carboxylic acid groups (broad SMARTS) is 1. The average Bonchev–Trinajstić information content (AvgIpc) is 3.23. The minimum Gasteiger partial charge on any atom is -0.479 e. The van der Waals surface area contributed by atoms with E-state index in [9.17, 15) is 19.5 Å². The second-order valence-corrected chi connectivity index (χ2v) is 15.9. The van der Waals surface area contributed by atoms with Crippen LogP contribution in [0, 0.1) is 0 Å². The number of unbranched alkanes of at least 4 members (excludes halogenated alkanes) is 1. The maximum absolute atomic E-state index is 13.3. The van der Waals surface area contributed by atoms with Crippen LogP contribution in [0.25, 0.3) is 0 Å². The Morgan fingerprint density at radius 1 is 0.745 bits per heavy atom. The van der Waals surface area contributed by atoms with Gasteiger partial charge in [-0.25, -0.2) is 19.3 Å². The van der Waals surface area contributed by atoms with Gasteiger partial charge in [0.1, 0.15) is 11.2 Å². The number of aliphatic imine (C=N–C) groups is 1. The summed E-state index contributed by atoms with van der Waals surface area (Å²) < 4.78 is 29.1. The van der Waals surface area contributed by atoms with Crippen LogP contribution < -0.4 is 0 Å². The smallest absolute Gasteiger partial charge is 0.457 e. The lowest BCUT2D eigenvalue weighted by atomic mass is 9.80. The van der Waals surface area contributed by atoms with Gasteiger partial charge in [-0.15, -0.1) is 0 Å². The Hall–Kier alpha value is -3.74. The Morgan fingerprint density at radius 2 is 1.22 bits per heavy atom. The Morgan fingerprint density at radius 3 is 1.65 bits per heavy atom. The zero-order valence-electron chi connectivity index (χ0n) is 32.1. The molecule has 1 unspecified atom stereocenters. The van der Waals surface area contributed by atoms with Gasteiger partial charge in [0.05, 0.1) is 30.1 Å². The van der Waals surface area contributed by atoms with Crippen molar-refractivity contribution in [1.29, 1.82) is 0 Å². The number of hydrogen-bond donors (Lipinski definition) is 1. The van der Waals surface area contributed by atoms with Crippen molar-refractivity contribution in [2.24, 2.45) is 4.99 Å². The Bertz CT molecular complexity index is 1400. The SMILES string of the molecule is CC(C)(C)OC(=O)N(CCOCCC(CCCCB1OC(C)(C)C(C)(C)O1)(N=C(c1ccccc1)c1ccccc1)C(=O)O)C(=O)OC(C)(C)C. The maximum atomic E-state index is 13.3. The standard InChI is InChI=1S/C39H57BN2O9/c1-35(2,3)48-33(45)42(34(46)49-36(4,5)6)26-28-47-27-24-39(32(43)44,23-17-18-25-40-50-37(7,8)38(9,10)51-40)41-31(29-19-13-11-14-20-29)30-21-15-12-16-22-30/h11-16,19-22H,17-18,23-28H2,1-10H3,(H,43,44).